The molecule has 0 fully saturated rings. The van der Waals surface area contributed by atoms with E-state index in [1.807, 2.05) is 0 Å². The lowest BCUT2D eigenvalue weighted by molar-refractivity contribution is 0.267. The van der Waals surface area contributed by atoms with E-state index in [9.17, 15) is 0 Å². The molecule has 1 N–H and O–H groups in total. The highest BCUT2D eigenvalue weighted by Crippen LogP contribution is 2.13. The SMILES string of the molecule is CC(C)NCCCCCCCCCCCCCCCCCN(C)C(C)C. The molecule has 0 aromatic heterocycles. The van der Waals surface area contributed by atoms with Crippen LogP contribution in [0.4, 0.5) is 0 Å². The lowest BCUT2D eigenvalue weighted by Crippen LogP contribution is -2.27. The number of unbranched alkanes of at least 4 members (excludes halogenated alkanes) is 14. The Morgan fingerprint density at radius 2 is 0.885 bits per heavy atom. The van der Waals surface area contributed by atoms with E-state index in [0.29, 0.717) is 12.1 Å². The molecule has 0 aromatic rings. The van der Waals surface area contributed by atoms with Gasteiger partial charge in [-0.2, -0.15) is 0 Å². The van der Waals surface area contributed by atoms with Gasteiger partial charge in [-0.1, -0.05) is 97.3 Å². The zero-order chi connectivity index (χ0) is 19.5. The third-order valence-electron chi connectivity index (χ3n) is 5.62. The molecule has 0 aromatic carbocycles. The van der Waals surface area contributed by atoms with E-state index in [2.05, 4.69) is 45.0 Å². The van der Waals surface area contributed by atoms with Gasteiger partial charge in [-0.25, -0.2) is 0 Å². The minimum Gasteiger partial charge on any atom is -0.315 e. The van der Waals surface area contributed by atoms with Gasteiger partial charge >= 0.3 is 0 Å². The van der Waals surface area contributed by atoms with Gasteiger partial charge in [-0.3, -0.25) is 0 Å². The Morgan fingerprint density at radius 1 is 0.538 bits per heavy atom. The van der Waals surface area contributed by atoms with Gasteiger partial charge in [-0.15, -0.1) is 0 Å². The molecule has 158 valence electrons. The molecule has 26 heavy (non-hydrogen) atoms. The van der Waals surface area contributed by atoms with E-state index < -0.39 is 0 Å². The minimum atomic E-state index is 0.645. The average molecular weight is 369 g/mol. The molecule has 0 amide bonds. The molecule has 0 unspecified atom stereocenters. The largest absolute Gasteiger partial charge is 0.315 e. The molecule has 0 spiro atoms. The van der Waals surface area contributed by atoms with Crippen LogP contribution in [0.15, 0.2) is 0 Å². The molecular weight excluding hydrogens is 316 g/mol. The molecule has 0 heterocycles. The normalized spacial score (nSPS) is 12.0. The van der Waals surface area contributed by atoms with Crippen LogP contribution < -0.4 is 5.32 Å². The lowest BCUT2D eigenvalue weighted by Gasteiger charge is -2.20. The first-order valence-corrected chi connectivity index (χ1v) is 12.0. The van der Waals surface area contributed by atoms with Gasteiger partial charge < -0.3 is 10.2 Å². The zero-order valence-electron chi connectivity index (χ0n) is 19.1. The summed E-state index contributed by atoms with van der Waals surface area (Å²) >= 11 is 0. The van der Waals surface area contributed by atoms with Crippen LogP contribution in [0, 0.1) is 0 Å². The monoisotopic (exact) mass is 368 g/mol. The van der Waals surface area contributed by atoms with Crippen molar-refractivity contribution in [3.8, 4) is 0 Å². The van der Waals surface area contributed by atoms with E-state index in [4.69, 9.17) is 0 Å². The molecule has 0 saturated carbocycles. The van der Waals surface area contributed by atoms with Crippen molar-refractivity contribution in [2.45, 2.75) is 136 Å². The maximum atomic E-state index is 3.50. The molecule has 0 rings (SSSR count). The van der Waals surface area contributed by atoms with Crippen molar-refractivity contribution in [3.05, 3.63) is 0 Å². The fraction of sp³-hybridized carbons (Fsp3) is 1.00. The fourth-order valence-electron chi connectivity index (χ4n) is 3.43. The van der Waals surface area contributed by atoms with Crippen LogP contribution in [0.25, 0.3) is 0 Å². The molecule has 0 saturated heterocycles. The first kappa shape index (κ1) is 25.9. The number of hydrogen-bond donors (Lipinski definition) is 1. The second-order valence-corrected chi connectivity index (χ2v) is 8.99. The summed E-state index contributed by atoms with van der Waals surface area (Å²) in [6, 6.07) is 1.34. The van der Waals surface area contributed by atoms with Crippen LogP contribution in [-0.2, 0) is 0 Å². The Balaban J connectivity index is 3.05. The molecule has 0 bridgehead atoms. The summed E-state index contributed by atoms with van der Waals surface area (Å²) in [5.74, 6) is 0. The Hall–Kier alpha value is -0.0800. The summed E-state index contributed by atoms with van der Waals surface area (Å²) in [4.78, 5) is 2.46. The van der Waals surface area contributed by atoms with Gasteiger partial charge in [-0.05, 0) is 46.8 Å². The third kappa shape index (κ3) is 20.2. The van der Waals surface area contributed by atoms with Crippen LogP contribution >= 0.6 is 0 Å². The van der Waals surface area contributed by atoms with Crippen molar-refractivity contribution in [2.75, 3.05) is 20.1 Å². The lowest BCUT2D eigenvalue weighted by atomic mass is 10.0. The van der Waals surface area contributed by atoms with Gasteiger partial charge in [0, 0.05) is 12.1 Å². The summed E-state index contributed by atoms with van der Waals surface area (Å²) in [5.41, 5.74) is 0. The van der Waals surface area contributed by atoms with Crippen molar-refractivity contribution in [2.24, 2.45) is 0 Å². The van der Waals surface area contributed by atoms with Crippen molar-refractivity contribution >= 4 is 0 Å². The Bertz CT molecular complexity index is 263. The van der Waals surface area contributed by atoms with Crippen LogP contribution in [0.2, 0.25) is 0 Å². The molecule has 2 heteroatoms. The summed E-state index contributed by atoms with van der Waals surface area (Å²) in [5, 5.41) is 3.50. The van der Waals surface area contributed by atoms with Crippen LogP contribution in [0.3, 0.4) is 0 Å². The Morgan fingerprint density at radius 3 is 1.23 bits per heavy atom. The minimum absolute atomic E-state index is 0.645. The molecule has 0 radical (unpaired) electrons. The van der Waals surface area contributed by atoms with Crippen molar-refractivity contribution in [3.63, 3.8) is 0 Å². The highest BCUT2D eigenvalue weighted by atomic mass is 15.1. The summed E-state index contributed by atoms with van der Waals surface area (Å²) in [7, 11) is 2.25. The average Bonchev–Trinajstić information content (AvgIpc) is 2.60. The molecule has 2 nitrogen and oxygen atoms in total. The smallest absolute Gasteiger partial charge is 0.00355 e. The van der Waals surface area contributed by atoms with E-state index in [1.165, 1.54) is 109 Å². The topological polar surface area (TPSA) is 15.3 Å². The number of nitrogens with zero attached hydrogens (tertiary/aromatic N) is 1. The van der Waals surface area contributed by atoms with E-state index in [0.717, 1.165) is 0 Å². The van der Waals surface area contributed by atoms with Gasteiger partial charge in [0.25, 0.3) is 0 Å². The number of rotatable bonds is 20. The van der Waals surface area contributed by atoms with Crippen molar-refractivity contribution in [1.29, 1.82) is 0 Å². The van der Waals surface area contributed by atoms with Gasteiger partial charge in [0.05, 0.1) is 0 Å². The van der Waals surface area contributed by atoms with Crippen LogP contribution in [0.1, 0.15) is 124 Å². The van der Waals surface area contributed by atoms with Crippen LogP contribution in [-0.4, -0.2) is 37.1 Å². The highest BCUT2D eigenvalue weighted by Gasteiger charge is 2.01. The van der Waals surface area contributed by atoms with E-state index in [1.54, 1.807) is 0 Å². The van der Waals surface area contributed by atoms with Gasteiger partial charge in [0.15, 0.2) is 0 Å². The Kier molecular flexibility index (Phi) is 19.6. The summed E-state index contributed by atoms with van der Waals surface area (Å²) in [6.07, 6.45) is 21.6. The maximum absolute atomic E-state index is 3.50. The molecule has 0 aliphatic carbocycles. The number of hydrogen-bond acceptors (Lipinski definition) is 2. The Labute approximate surface area is 166 Å². The summed E-state index contributed by atoms with van der Waals surface area (Å²) < 4.78 is 0. The second kappa shape index (κ2) is 19.7. The fourth-order valence-corrected chi connectivity index (χ4v) is 3.43. The first-order valence-electron chi connectivity index (χ1n) is 12.0. The van der Waals surface area contributed by atoms with Crippen LogP contribution in [0.5, 0.6) is 0 Å². The quantitative estimate of drug-likeness (QED) is 0.229. The van der Waals surface area contributed by atoms with Gasteiger partial charge in [0.2, 0.25) is 0 Å². The maximum Gasteiger partial charge on any atom is 0.00355 e. The second-order valence-electron chi connectivity index (χ2n) is 8.99. The van der Waals surface area contributed by atoms with Gasteiger partial charge in [0.1, 0.15) is 0 Å². The number of nitrogens with one attached hydrogen (secondary N) is 1. The zero-order valence-corrected chi connectivity index (χ0v) is 19.1. The first-order chi connectivity index (χ1) is 12.5. The van der Waals surface area contributed by atoms with E-state index in [-0.39, 0.29) is 0 Å². The highest BCUT2D eigenvalue weighted by molar-refractivity contribution is 4.57. The standard InChI is InChI=1S/C24H52N2/c1-23(2)25-21-19-17-15-13-11-9-7-6-8-10-12-14-16-18-20-22-26(5)24(3)4/h23-25H,6-22H2,1-5H3. The predicted octanol–water partition coefficient (Wildman–Crippen LogP) is 7.18. The molecular formula is C24H52N2. The molecule has 0 atom stereocenters. The third-order valence-corrected chi connectivity index (χ3v) is 5.62. The predicted molar refractivity (Wildman–Crippen MR) is 120 cm³/mol. The van der Waals surface area contributed by atoms with Crippen molar-refractivity contribution < 1.29 is 0 Å². The molecule has 0 aliphatic heterocycles. The van der Waals surface area contributed by atoms with E-state index >= 15 is 0 Å². The summed E-state index contributed by atoms with van der Waals surface area (Å²) in [6.45, 7) is 11.5. The molecule has 0 aliphatic rings. The van der Waals surface area contributed by atoms with Crippen molar-refractivity contribution in [1.82, 2.24) is 10.2 Å².